The minimum atomic E-state index is -0.833. The maximum atomic E-state index is 9.92. The number of allylic oxidation sites excluding steroid dienone is 1. The van der Waals surface area contributed by atoms with Crippen molar-refractivity contribution in [2.75, 3.05) is 0 Å². The second-order valence-electron chi connectivity index (χ2n) is 6.71. The first-order valence-electron chi connectivity index (χ1n) is 9.92. The van der Waals surface area contributed by atoms with Crippen LogP contribution in [0.3, 0.4) is 0 Å². The van der Waals surface area contributed by atoms with Gasteiger partial charge in [0, 0.05) is 13.8 Å². The van der Waals surface area contributed by atoms with Crippen LogP contribution in [0.25, 0.3) is 11.1 Å². The maximum Gasteiger partial charge on any atom is 0.300 e. The molecule has 4 N–H and O–H groups in total. The minimum Gasteiger partial charge on any atom is -0.508 e. The van der Waals surface area contributed by atoms with E-state index in [-0.39, 0.29) is 11.5 Å². The maximum absolute atomic E-state index is 9.92. The van der Waals surface area contributed by atoms with Gasteiger partial charge in [-0.1, -0.05) is 61.5 Å². The van der Waals surface area contributed by atoms with E-state index in [1.807, 2.05) is 42.5 Å². The summed E-state index contributed by atoms with van der Waals surface area (Å²) in [5.41, 5.74) is 5.20. The number of carboxylic acids is 2. The number of phenolic OH excluding ortho intramolecular Hbond substituents is 2. The molecule has 0 atom stereocenters. The topological polar surface area (TPSA) is 115 Å². The monoisotopic (exact) mass is 436 g/mol. The van der Waals surface area contributed by atoms with E-state index in [0.29, 0.717) is 0 Å². The number of carboxylic acid groups (broad SMARTS) is 2. The lowest BCUT2D eigenvalue weighted by Gasteiger charge is -2.16. The Labute approximate surface area is 187 Å². The van der Waals surface area contributed by atoms with Crippen molar-refractivity contribution in [3.8, 4) is 11.5 Å². The Morgan fingerprint density at radius 1 is 0.656 bits per heavy atom. The van der Waals surface area contributed by atoms with Crippen LogP contribution in [0.4, 0.5) is 0 Å². The smallest absolute Gasteiger partial charge is 0.300 e. The van der Waals surface area contributed by atoms with Crippen molar-refractivity contribution in [1.82, 2.24) is 0 Å². The van der Waals surface area contributed by atoms with Gasteiger partial charge in [-0.2, -0.15) is 0 Å². The van der Waals surface area contributed by atoms with E-state index >= 15 is 0 Å². The molecule has 0 spiro atoms. The Morgan fingerprint density at radius 3 is 1.38 bits per heavy atom. The molecule has 0 amide bonds. The van der Waals surface area contributed by atoms with Crippen LogP contribution in [0.2, 0.25) is 0 Å². The number of hydrogen-bond donors (Lipinski definition) is 4. The van der Waals surface area contributed by atoms with Crippen molar-refractivity contribution < 1.29 is 30.0 Å². The molecular formula is C26H28O6. The lowest BCUT2D eigenvalue weighted by molar-refractivity contribution is -0.135. The second-order valence-corrected chi connectivity index (χ2v) is 6.71. The fourth-order valence-corrected chi connectivity index (χ4v) is 3.00. The van der Waals surface area contributed by atoms with Crippen molar-refractivity contribution in [2.24, 2.45) is 0 Å². The predicted molar refractivity (Wildman–Crippen MR) is 125 cm³/mol. The number of aromatic hydroxyl groups is 2. The molecule has 3 aromatic rings. The van der Waals surface area contributed by atoms with Crippen molar-refractivity contribution >= 4 is 23.1 Å². The summed E-state index contributed by atoms with van der Waals surface area (Å²) in [6, 6.07) is 24.7. The predicted octanol–water partition coefficient (Wildman–Crippen LogP) is 5.65. The minimum absolute atomic E-state index is 0.230. The van der Waals surface area contributed by atoms with Crippen molar-refractivity contribution in [1.29, 1.82) is 0 Å². The highest BCUT2D eigenvalue weighted by atomic mass is 16.4. The third kappa shape index (κ3) is 9.17. The van der Waals surface area contributed by atoms with Gasteiger partial charge >= 0.3 is 0 Å². The van der Waals surface area contributed by atoms with E-state index in [1.54, 1.807) is 24.3 Å². The van der Waals surface area contributed by atoms with E-state index < -0.39 is 11.9 Å². The second kappa shape index (κ2) is 13.3. The lowest BCUT2D eigenvalue weighted by atomic mass is 9.88. The molecule has 0 saturated carbocycles. The highest BCUT2D eigenvalue weighted by Gasteiger charge is 2.13. The van der Waals surface area contributed by atoms with E-state index in [4.69, 9.17) is 19.8 Å². The van der Waals surface area contributed by atoms with Crippen LogP contribution in [0.15, 0.2) is 78.9 Å². The van der Waals surface area contributed by atoms with Crippen molar-refractivity contribution in [3.63, 3.8) is 0 Å². The van der Waals surface area contributed by atoms with Crippen molar-refractivity contribution in [2.45, 2.75) is 27.2 Å². The molecule has 0 bridgehead atoms. The van der Waals surface area contributed by atoms with E-state index in [0.717, 1.165) is 42.5 Å². The van der Waals surface area contributed by atoms with Gasteiger partial charge in [0.1, 0.15) is 11.5 Å². The zero-order valence-electron chi connectivity index (χ0n) is 18.3. The van der Waals surface area contributed by atoms with Gasteiger partial charge in [0.15, 0.2) is 0 Å². The van der Waals surface area contributed by atoms with Crippen LogP contribution < -0.4 is 0 Å². The molecule has 0 aliphatic heterocycles. The summed E-state index contributed by atoms with van der Waals surface area (Å²) in [5, 5.41) is 34.7. The van der Waals surface area contributed by atoms with Gasteiger partial charge in [0.05, 0.1) is 0 Å². The molecule has 0 saturated heterocycles. The van der Waals surface area contributed by atoms with Gasteiger partial charge in [-0.25, -0.2) is 0 Å². The third-order valence-corrected chi connectivity index (χ3v) is 4.05. The molecule has 3 aromatic carbocycles. The molecule has 0 aliphatic rings. The van der Waals surface area contributed by atoms with E-state index in [1.165, 1.54) is 5.57 Å². The molecule has 0 heterocycles. The third-order valence-electron chi connectivity index (χ3n) is 4.05. The summed E-state index contributed by atoms with van der Waals surface area (Å²) >= 11 is 0. The summed E-state index contributed by atoms with van der Waals surface area (Å²) in [5.74, 6) is -1.21. The summed E-state index contributed by atoms with van der Waals surface area (Å²) in [7, 11) is 0. The molecule has 32 heavy (non-hydrogen) atoms. The van der Waals surface area contributed by atoms with E-state index in [2.05, 4.69) is 19.1 Å². The van der Waals surface area contributed by atoms with Crippen LogP contribution in [-0.2, 0) is 9.59 Å². The molecule has 0 fully saturated rings. The number of hydrogen-bond acceptors (Lipinski definition) is 4. The van der Waals surface area contributed by atoms with Gasteiger partial charge < -0.3 is 20.4 Å². The average Bonchev–Trinajstić information content (AvgIpc) is 2.71. The van der Waals surface area contributed by atoms with Gasteiger partial charge in [-0.15, -0.1) is 0 Å². The molecule has 3 rings (SSSR count). The molecule has 0 aliphatic carbocycles. The number of benzene rings is 3. The van der Waals surface area contributed by atoms with Crippen LogP contribution in [0, 0.1) is 0 Å². The Morgan fingerprint density at radius 2 is 1.03 bits per heavy atom. The molecule has 0 aromatic heterocycles. The molecule has 0 unspecified atom stereocenters. The first kappa shape index (κ1) is 26.0. The summed E-state index contributed by atoms with van der Waals surface area (Å²) in [4.78, 5) is 18.0. The van der Waals surface area contributed by atoms with Crippen LogP contribution in [0.5, 0.6) is 11.5 Å². The average molecular weight is 437 g/mol. The Balaban J connectivity index is 0.000000554. The van der Waals surface area contributed by atoms with Crippen LogP contribution in [-0.4, -0.2) is 32.4 Å². The quantitative estimate of drug-likeness (QED) is 0.393. The highest BCUT2D eigenvalue weighted by Crippen LogP contribution is 2.36. The van der Waals surface area contributed by atoms with Crippen LogP contribution in [0.1, 0.15) is 43.9 Å². The van der Waals surface area contributed by atoms with Gasteiger partial charge in [-0.3, -0.25) is 9.59 Å². The first-order valence-corrected chi connectivity index (χ1v) is 9.92. The Bertz CT molecular complexity index is 987. The number of phenols is 2. The first-order chi connectivity index (χ1) is 15.1. The molecular weight excluding hydrogens is 408 g/mol. The largest absolute Gasteiger partial charge is 0.508 e. The number of rotatable bonds is 4. The molecule has 6 nitrogen and oxygen atoms in total. The Hall–Kier alpha value is -4.06. The van der Waals surface area contributed by atoms with Gasteiger partial charge in [0.25, 0.3) is 11.9 Å². The fraction of sp³-hybridized carbons (Fsp3) is 0.154. The lowest BCUT2D eigenvalue weighted by Crippen LogP contribution is -1.95. The zero-order valence-corrected chi connectivity index (χ0v) is 18.3. The van der Waals surface area contributed by atoms with Crippen molar-refractivity contribution in [3.05, 3.63) is 95.6 Å². The number of carbonyl (C=O) groups is 2. The summed E-state index contributed by atoms with van der Waals surface area (Å²) in [6.45, 7) is 4.29. The molecule has 0 radical (unpaired) electrons. The SMILES string of the molecule is CC(=O)O.CC(=O)O.CCC(=C(c1cccc(O)c1)c1cccc(O)c1)c1ccccc1. The normalized spacial score (nSPS) is 9.34. The number of aliphatic carboxylic acids is 2. The Kier molecular flexibility index (Phi) is 10.8. The van der Waals surface area contributed by atoms with Crippen LogP contribution >= 0.6 is 0 Å². The summed E-state index contributed by atoms with van der Waals surface area (Å²) in [6.07, 6.45) is 0.838. The standard InChI is InChI=1S/C22H20O2.2C2H4O2/c1-2-21(16-8-4-3-5-9-16)22(17-10-6-12-19(23)14-17)18-11-7-13-20(24)15-18;2*1-2(3)4/h3-15,23-24H,2H2,1H3;2*1H3,(H,3,4). The fourth-order valence-electron chi connectivity index (χ4n) is 3.00. The molecule has 6 heteroatoms. The van der Waals surface area contributed by atoms with E-state index in [9.17, 15) is 10.2 Å². The van der Waals surface area contributed by atoms with Gasteiger partial charge in [-0.05, 0) is 58.5 Å². The molecule has 168 valence electrons. The zero-order chi connectivity index (χ0) is 24.1. The van der Waals surface area contributed by atoms with Gasteiger partial charge in [0.2, 0.25) is 0 Å². The highest BCUT2D eigenvalue weighted by molar-refractivity contribution is 5.98. The summed E-state index contributed by atoms with van der Waals surface area (Å²) < 4.78 is 0.